The summed E-state index contributed by atoms with van der Waals surface area (Å²) in [5.41, 5.74) is 10.1. The molecule has 4 heteroatoms. The van der Waals surface area contributed by atoms with Crippen LogP contribution in [0, 0.1) is 13.8 Å². The van der Waals surface area contributed by atoms with Gasteiger partial charge < -0.3 is 10.6 Å². The number of carbonyl (C=O) groups is 1. The van der Waals surface area contributed by atoms with Gasteiger partial charge in [0.15, 0.2) is 0 Å². The molecule has 2 N–H and O–H groups in total. The van der Waals surface area contributed by atoms with Crippen LogP contribution in [0.25, 0.3) is 0 Å². The fourth-order valence-corrected chi connectivity index (χ4v) is 2.60. The van der Waals surface area contributed by atoms with Gasteiger partial charge in [0.2, 0.25) is 5.91 Å². The number of rotatable bonds is 5. The van der Waals surface area contributed by atoms with Crippen molar-refractivity contribution in [2.75, 3.05) is 11.4 Å². The van der Waals surface area contributed by atoms with E-state index >= 15 is 0 Å². The molecule has 0 saturated heterocycles. The van der Waals surface area contributed by atoms with Gasteiger partial charge in [-0.05, 0) is 49.9 Å². The Labute approximate surface area is 132 Å². The molecule has 1 atom stereocenters. The third kappa shape index (κ3) is 3.71. The Bertz CT molecular complexity index is 618. The zero-order chi connectivity index (χ0) is 16.1. The highest BCUT2D eigenvalue weighted by Crippen LogP contribution is 2.25. The molecule has 22 heavy (non-hydrogen) atoms. The smallest absolute Gasteiger partial charge is 0.243 e. The number of nitrogens with zero attached hydrogens (tertiary/aromatic N) is 2. The molecule has 1 aromatic carbocycles. The first-order chi connectivity index (χ1) is 10.5. The van der Waals surface area contributed by atoms with Crippen LogP contribution < -0.4 is 10.6 Å². The second-order valence-electron chi connectivity index (χ2n) is 5.63. The number of aromatic nitrogens is 1. The van der Waals surface area contributed by atoms with Crippen molar-refractivity contribution in [2.24, 2.45) is 5.73 Å². The SMILES string of the molecule is Cc1cccc(C)c1N(CCc1cccnc1)C(=O)C(C)N. The maximum absolute atomic E-state index is 12.6. The maximum Gasteiger partial charge on any atom is 0.243 e. The number of carbonyl (C=O) groups excluding carboxylic acids is 1. The van der Waals surface area contributed by atoms with E-state index in [1.54, 1.807) is 13.1 Å². The molecule has 0 fully saturated rings. The zero-order valence-electron chi connectivity index (χ0n) is 13.4. The molecule has 0 aliphatic rings. The molecule has 0 aliphatic carbocycles. The highest BCUT2D eigenvalue weighted by Gasteiger charge is 2.21. The number of hydrogen-bond donors (Lipinski definition) is 1. The van der Waals surface area contributed by atoms with Crippen LogP contribution in [0.3, 0.4) is 0 Å². The van der Waals surface area contributed by atoms with Gasteiger partial charge in [-0.1, -0.05) is 24.3 Å². The molecule has 116 valence electrons. The summed E-state index contributed by atoms with van der Waals surface area (Å²) < 4.78 is 0. The molecular weight excluding hydrogens is 274 g/mol. The Morgan fingerprint density at radius 1 is 1.23 bits per heavy atom. The number of anilines is 1. The van der Waals surface area contributed by atoms with Gasteiger partial charge in [-0.15, -0.1) is 0 Å². The van der Waals surface area contributed by atoms with Gasteiger partial charge in [-0.2, -0.15) is 0 Å². The van der Waals surface area contributed by atoms with Crippen molar-refractivity contribution in [2.45, 2.75) is 33.2 Å². The van der Waals surface area contributed by atoms with Gasteiger partial charge in [0.25, 0.3) is 0 Å². The molecule has 0 bridgehead atoms. The van der Waals surface area contributed by atoms with Gasteiger partial charge in [-0.25, -0.2) is 0 Å². The Morgan fingerprint density at radius 3 is 2.45 bits per heavy atom. The Hall–Kier alpha value is -2.20. The van der Waals surface area contributed by atoms with Crippen molar-refractivity contribution in [3.05, 3.63) is 59.4 Å². The van der Waals surface area contributed by atoms with Crippen LogP contribution in [0.4, 0.5) is 5.69 Å². The van der Waals surface area contributed by atoms with Crippen molar-refractivity contribution in [3.8, 4) is 0 Å². The van der Waals surface area contributed by atoms with Crippen LogP contribution in [-0.4, -0.2) is 23.5 Å². The third-order valence-corrected chi connectivity index (χ3v) is 3.71. The van der Waals surface area contributed by atoms with Crippen LogP contribution in [0.1, 0.15) is 23.6 Å². The van der Waals surface area contributed by atoms with Gasteiger partial charge in [0.1, 0.15) is 0 Å². The fourth-order valence-electron chi connectivity index (χ4n) is 2.60. The minimum atomic E-state index is -0.520. The monoisotopic (exact) mass is 297 g/mol. The minimum absolute atomic E-state index is 0.0544. The van der Waals surface area contributed by atoms with Crippen LogP contribution in [0.2, 0.25) is 0 Å². The molecule has 1 heterocycles. The first kappa shape index (κ1) is 16.2. The van der Waals surface area contributed by atoms with E-state index in [2.05, 4.69) is 4.98 Å². The summed E-state index contributed by atoms with van der Waals surface area (Å²) in [5, 5.41) is 0. The lowest BCUT2D eigenvalue weighted by molar-refractivity contribution is -0.119. The highest BCUT2D eigenvalue weighted by molar-refractivity contribution is 5.98. The van der Waals surface area contributed by atoms with E-state index in [0.29, 0.717) is 6.54 Å². The second kappa shape index (κ2) is 7.18. The first-order valence-corrected chi connectivity index (χ1v) is 7.52. The Morgan fingerprint density at radius 2 is 1.91 bits per heavy atom. The molecule has 0 aliphatic heterocycles. The summed E-state index contributed by atoms with van der Waals surface area (Å²) in [6.07, 6.45) is 4.33. The fraction of sp³-hybridized carbons (Fsp3) is 0.333. The number of para-hydroxylation sites is 1. The zero-order valence-corrected chi connectivity index (χ0v) is 13.4. The summed E-state index contributed by atoms with van der Waals surface area (Å²) in [6, 6.07) is 9.46. The number of aryl methyl sites for hydroxylation is 2. The van der Waals surface area contributed by atoms with E-state index in [0.717, 1.165) is 28.8 Å². The van der Waals surface area contributed by atoms with Crippen molar-refractivity contribution >= 4 is 11.6 Å². The lowest BCUT2D eigenvalue weighted by Gasteiger charge is -2.28. The first-order valence-electron chi connectivity index (χ1n) is 7.52. The van der Waals surface area contributed by atoms with Crippen LogP contribution >= 0.6 is 0 Å². The normalized spacial score (nSPS) is 12.0. The van der Waals surface area contributed by atoms with E-state index in [1.807, 2.05) is 55.3 Å². The number of benzene rings is 1. The molecule has 1 amide bonds. The molecule has 0 spiro atoms. The summed E-state index contributed by atoms with van der Waals surface area (Å²) >= 11 is 0. The van der Waals surface area contributed by atoms with Crippen LogP contribution in [-0.2, 0) is 11.2 Å². The molecule has 4 nitrogen and oxygen atoms in total. The third-order valence-electron chi connectivity index (χ3n) is 3.71. The Balaban J connectivity index is 2.29. The van der Waals surface area contributed by atoms with Crippen molar-refractivity contribution in [1.82, 2.24) is 4.98 Å². The predicted molar refractivity (Wildman–Crippen MR) is 89.9 cm³/mol. The molecule has 1 aromatic heterocycles. The highest BCUT2D eigenvalue weighted by atomic mass is 16.2. The second-order valence-corrected chi connectivity index (χ2v) is 5.63. The molecule has 2 rings (SSSR count). The summed E-state index contributed by atoms with van der Waals surface area (Å²) in [7, 11) is 0. The van der Waals surface area contributed by atoms with Gasteiger partial charge in [0, 0.05) is 24.6 Å². The lowest BCUT2D eigenvalue weighted by Crippen LogP contribution is -2.43. The van der Waals surface area contributed by atoms with Gasteiger partial charge in [0.05, 0.1) is 6.04 Å². The van der Waals surface area contributed by atoms with E-state index < -0.39 is 6.04 Å². The number of amides is 1. The van der Waals surface area contributed by atoms with Gasteiger partial charge in [-0.3, -0.25) is 9.78 Å². The van der Waals surface area contributed by atoms with Gasteiger partial charge >= 0.3 is 0 Å². The van der Waals surface area contributed by atoms with Crippen LogP contribution in [0.5, 0.6) is 0 Å². The molecule has 1 unspecified atom stereocenters. The van der Waals surface area contributed by atoms with E-state index in [-0.39, 0.29) is 5.91 Å². The topological polar surface area (TPSA) is 59.2 Å². The summed E-state index contributed by atoms with van der Waals surface area (Å²) in [6.45, 7) is 6.37. The number of nitrogens with two attached hydrogens (primary N) is 1. The Kier molecular flexibility index (Phi) is 5.28. The molecule has 0 radical (unpaired) electrons. The van der Waals surface area contributed by atoms with E-state index in [4.69, 9.17) is 5.73 Å². The van der Waals surface area contributed by atoms with Crippen molar-refractivity contribution in [1.29, 1.82) is 0 Å². The quantitative estimate of drug-likeness (QED) is 0.923. The van der Waals surface area contributed by atoms with Crippen molar-refractivity contribution < 1.29 is 4.79 Å². The van der Waals surface area contributed by atoms with Crippen molar-refractivity contribution in [3.63, 3.8) is 0 Å². The molecule has 0 saturated carbocycles. The number of hydrogen-bond acceptors (Lipinski definition) is 3. The maximum atomic E-state index is 12.6. The summed E-state index contributed by atoms with van der Waals surface area (Å²) in [4.78, 5) is 18.5. The minimum Gasteiger partial charge on any atom is -0.320 e. The van der Waals surface area contributed by atoms with Crippen LogP contribution in [0.15, 0.2) is 42.7 Å². The van der Waals surface area contributed by atoms with E-state index in [1.165, 1.54) is 0 Å². The molecule has 2 aromatic rings. The lowest BCUT2D eigenvalue weighted by atomic mass is 10.1. The largest absolute Gasteiger partial charge is 0.320 e. The van der Waals surface area contributed by atoms with E-state index in [9.17, 15) is 4.79 Å². The average molecular weight is 297 g/mol. The molecular formula is C18H23N3O. The standard InChI is InChI=1S/C18H23N3O/c1-13-6-4-7-14(2)17(13)21(18(22)15(3)19)11-9-16-8-5-10-20-12-16/h4-8,10,12,15H,9,11,19H2,1-3H3. The summed E-state index contributed by atoms with van der Waals surface area (Å²) in [5.74, 6) is -0.0544. The number of pyridine rings is 1. The predicted octanol–water partition coefficient (Wildman–Crippen LogP) is 2.62. The average Bonchev–Trinajstić information content (AvgIpc) is 2.50.